The number of nitrogens with two attached hydrogens (primary N) is 2. The van der Waals surface area contributed by atoms with Gasteiger partial charge in [0.15, 0.2) is 0 Å². The lowest BCUT2D eigenvalue weighted by molar-refractivity contribution is 0.396. The largest absolute Gasteiger partial charge is 0.480 e. The third-order valence-electron chi connectivity index (χ3n) is 1.80. The molecule has 4 N–H and O–H groups in total. The number of hydrogen-bond donors (Lipinski definition) is 2. The molecule has 0 aromatic carbocycles. The lowest BCUT2D eigenvalue weighted by atomic mass is 10.2. The van der Waals surface area contributed by atoms with Gasteiger partial charge in [0.25, 0.3) is 0 Å². The zero-order valence-corrected chi connectivity index (χ0v) is 8.97. The van der Waals surface area contributed by atoms with Gasteiger partial charge in [0.2, 0.25) is 11.8 Å². The summed E-state index contributed by atoms with van der Waals surface area (Å²) in [7, 11) is 1.55. The Kier molecular flexibility index (Phi) is 4.05. The van der Waals surface area contributed by atoms with E-state index in [9.17, 15) is 0 Å². The first-order valence-electron chi connectivity index (χ1n) is 4.72. The summed E-state index contributed by atoms with van der Waals surface area (Å²) >= 11 is 0. The molecule has 1 atom stereocenters. The Morgan fingerprint density at radius 1 is 1.60 bits per heavy atom. The monoisotopic (exact) mass is 208 g/mol. The second kappa shape index (κ2) is 5.31. The number of anilines is 1. The number of hydrogen-bond acceptors (Lipinski definition) is 5. The summed E-state index contributed by atoms with van der Waals surface area (Å²) < 4.78 is 5.07. The van der Waals surface area contributed by atoms with Crippen LogP contribution in [-0.4, -0.2) is 23.1 Å². The summed E-state index contributed by atoms with van der Waals surface area (Å²) in [6.07, 6.45) is 6.26. The minimum atomic E-state index is 0.141. The standard InChI is InChI=1S/C10H16N4O/c1-7(11)4-3-5-8-6-13-10(12)14-9(8)15-2/h3,5-7H,4,11H2,1-2H3,(H2,12,13,14)/b5-3-/t7-/m0/s1. The first-order valence-corrected chi connectivity index (χ1v) is 4.72. The molecular formula is C10H16N4O. The van der Waals surface area contributed by atoms with Crippen molar-refractivity contribution in [2.75, 3.05) is 12.8 Å². The smallest absolute Gasteiger partial charge is 0.225 e. The fourth-order valence-electron chi connectivity index (χ4n) is 1.08. The van der Waals surface area contributed by atoms with E-state index in [4.69, 9.17) is 16.2 Å². The highest BCUT2D eigenvalue weighted by atomic mass is 16.5. The topological polar surface area (TPSA) is 87.0 Å². The second-order valence-electron chi connectivity index (χ2n) is 3.31. The molecule has 0 unspecified atom stereocenters. The molecule has 0 radical (unpaired) electrons. The van der Waals surface area contributed by atoms with Crippen molar-refractivity contribution in [3.05, 3.63) is 17.8 Å². The van der Waals surface area contributed by atoms with Gasteiger partial charge in [-0.2, -0.15) is 4.98 Å². The number of aromatic nitrogens is 2. The van der Waals surface area contributed by atoms with Gasteiger partial charge in [0.1, 0.15) is 0 Å². The molecule has 0 amide bonds. The molecule has 0 fully saturated rings. The van der Waals surface area contributed by atoms with Crippen molar-refractivity contribution < 1.29 is 4.74 Å². The average molecular weight is 208 g/mol. The van der Waals surface area contributed by atoms with Crippen molar-refractivity contribution >= 4 is 12.0 Å². The van der Waals surface area contributed by atoms with Crippen molar-refractivity contribution in [1.29, 1.82) is 0 Å². The molecule has 1 rings (SSSR count). The van der Waals surface area contributed by atoms with Crippen LogP contribution in [-0.2, 0) is 0 Å². The summed E-state index contributed by atoms with van der Waals surface area (Å²) in [5.41, 5.74) is 11.8. The van der Waals surface area contributed by atoms with Crippen LogP contribution in [0, 0.1) is 0 Å². The summed E-state index contributed by atoms with van der Waals surface area (Å²) in [5, 5.41) is 0. The van der Waals surface area contributed by atoms with Gasteiger partial charge in [-0.15, -0.1) is 0 Å². The first kappa shape index (κ1) is 11.5. The second-order valence-corrected chi connectivity index (χ2v) is 3.31. The quantitative estimate of drug-likeness (QED) is 0.764. The number of rotatable bonds is 4. The maximum absolute atomic E-state index is 5.62. The Morgan fingerprint density at radius 2 is 2.33 bits per heavy atom. The normalized spacial score (nSPS) is 13.0. The van der Waals surface area contributed by atoms with Crippen LogP contribution in [0.25, 0.3) is 6.08 Å². The third-order valence-corrected chi connectivity index (χ3v) is 1.80. The van der Waals surface area contributed by atoms with E-state index in [0.717, 1.165) is 12.0 Å². The Bertz CT molecular complexity index is 349. The molecule has 5 heteroatoms. The summed E-state index contributed by atoms with van der Waals surface area (Å²) in [5.74, 6) is 0.680. The molecular weight excluding hydrogens is 192 g/mol. The summed E-state index contributed by atoms with van der Waals surface area (Å²) in [6, 6.07) is 0.141. The van der Waals surface area contributed by atoms with Crippen molar-refractivity contribution in [1.82, 2.24) is 9.97 Å². The number of ether oxygens (including phenoxy) is 1. The highest BCUT2D eigenvalue weighted by Crippen LogP contribution is 2.16. The number of nitrogens with zero attached hydrogens (tertiary/aromatic N) is 2. The van der Waals surface area contributed by atoms with Crippen LogP contribution in [0.4, 0.5) is 5.95 Å². The first-order chi connectivity index (χ1) is 7.13. The minimum Gasteiger partial charge on any atom is -0.480 e. The molecule has 0 aliphatic rings. The molecule has 0 saturated carbocycles. The molecule has 5 nitrogen and oxygen atoms in total. The van der Waals surface area contributed by atoms with E-state index in [2.05, 4.69) is 9.97 Å². The SMILES string of the molecule is COc1nc(N)ncc1/C=C\C[C@H](C)N. The molecule has 1 aromatic heterocycles. The lowest BCUT2D eigenvalue weighted by Gasteiger charge is -2.03. The predicted molar refractivity (Wildman–Crippen MR) is 60.3 cm³/mol. The molecule has 1 aromatic rings. The predicted octanol–water partition coefficient (Wildman–Crippen LogP) is 0.818. The Balaban J connectivity index is 2.80. The number of nitrogen functional groups attached to an aromatic ring is 1. The Morgan fingerprint density at radius 3 is 2.93 bits per heavy atom. The van der Waals surface area contributed by atoms with Crippen LogP contribution in [0.3, 0.4) is 0 Å². The maximum Gasteiger partial charge on any atom is 0.225 e. The van der Waals surface area contributed by atoms with Gasteiger partial charge in [0.05, 0.1) is 12.7 Å². The fourth-order valence-corrected chi connectivity index (χ4v) is 1.08. The van der Waals surface area contributed by atoms with E-state index in [1.807, 2.05) is 19.1 Å². The zero-order valence-electron chi connectivity index (χ0n) is 8.97. The minimum absolute atomic E-state index is 0.141. The van der Waals surface area contributed by atoms with E-state index >= 15 is 0 Å². The molecule has 0 aliphatic carbocycles. The van der Waals surface area contributed by atoms with Gasteiger partial charge >= 0.3 is 0 Å². The van der Waals surface area contributed by atoms with Gasteiger partial charge < -0.3 is 16.2 Å². The van der Waals surface area contributed by atoms with E-state index in [0.29, 0.717) is 5.88 Å². The molecule has 15 heavy (non-hydrogen) atoms. The van der Waals surface area contributed by atoms with Crippen molar-refractivity contribution in [3.63, 3.8) is 0 Å². The van der Waals surface area contributed by atoms with E-state index in [1.54, 1.807) is 13.3 Å². The summed E-state index contributed by atoms with van der Waals surface area (Å²) in [6.45, 7) is 1.95. The lowest BCUT2D eigenvalue weighted by Crippen LogP contribution is -2.12. The number of methoxy groups -OCH3 is 1. The molecule has 82 valence electrons. The van der Waals surface area contributed by atoms with Crippen LogP contribution in [0.1, 0.15) is 18.9 Å². The molecule has 0 bridgehead atoms. The zero-order chi connectivity index (χ0) is 11.3. The van der Waals surface area contributed by atoms with Crippen LogP contribution in [0.2, 0.25) is 0 Å². The van der Waals surface area contributed by atoms with Gasteiger partial charge in [-0.05, 0) is 13.3 Å². The molecule has 1 heterocycles. The molecule has 0 saturated heterocycles. The Labute approximate surface area is 89.2 Å². The van der Waals surface area contributed by atoms with Crippen molar-refractivity contribution in [3.8, 4) is 5.88 Å². The third kappa shape index (κ3) is 3.55. The van der Waals surface area contributed by atoms with E-state index < -0.39 is 0 Å². The highest BCUT2D eigenvalue weighted by molar-refractivity contribution is 5.54. The molecule has 0 aliphatic heterocycles. The van der Waals surface area contributed by atoms with Crippen LogP contribution in [0.5, 0.6) is 5.88 Å². The van der Waals surface area contributed by atoms with E-state index in [1.165, 1.54) is 0 Å². The van der Waals surface area contributed by atoms with Crippen LogP contribution < -0.4 is 16.2 Å². The van der Waals surface area contributed by atoms with Crippen molar-refractivity contribution in [2.45, 2.75) is 19.4 Å². The fraction of sp³-hybridized carbons (Fsp3) is 0.400. The van der Waals surface area contributed by atoms with Gasteiger partial charge in [-0.1, -0.05) is 12.2 Å². The van der Waals surface area contributed by atoms with Crippen molar-refractivity contribution in [2.24, 2.45) is 5.73 Å². The van der Waals surface area contributed by atoms with Crippen LogP contribution in [0.15, 0.2) is 12.3 Å². The summed E-state index contributed by atoms with van der Waals surface area (Å²) in [4.78, 5) is 7.84. The van der Waals surface area contributed by atoms with Gasteiger partial charge in [-0.3, -0.25) is 0 Å². The van der Waals surface area contributed by atoms with Crippen LogP contribution >= 0.6 is 0 Å². The maximum atomic E-state index is 5.62. The Hall–Kier alpha value is -1.62. The average Bonchev–Trinajstić information content (AvgIpc) is 2.19. The van der Waals surface area contributed by atoms with E-state index in [-0.39, 0.29) is 12.0 Å². The van der Waals surface area contributed by atoms with Gasteiger partial charge in [-0.25, -0.2) is 4.98 Å². The van der Waals surface area contributed by atoms with Gasteiger partial charge in [0, 0.05) is 12.2 Å². The highest BCUT2D eigenvalue weighted by Gasteiger charge is 2.02. The molecule has 0 spiro atoms.